The standard InChI is InChI=1S/C30H44O2Si/c1-6-27(31)23-22-26(3)16-13-15-25(2)17-14-24-30(4,5)33(32,28-18-9-7-10-19-28)29-20-11-8-12-21-29/h7-12,16-21,27,31-32H,6,13-15,22-24H2,1-5H3/b25-17+,26-16+/t27-/m1/s1. The molecular weight excluding hydrogens is 420 g/mol. The van der Waals surface area contributed by atoms with Crippen LogP contribution in [0.5, 0.6) is 0 Å². The Kier molecular flexibility index (Phi) is 10.8. The molecule has 33 heavy (non-hydrogen) atoms. The zero-order valence-corrected chi connectivity index (χ0v) is 22.3. The summed E-state index contributed by atoms with van der Waals surface area (Å²) in [6, 6.07) is 20.6. The molecule has 0 heterocycles. The molecule has 0 spiro atoms. The van der Waals surface area contributed by atoms with Gasteiger partial charge >= 0.3 is 0 Å². The fraction of sp³-hybridized carbons (Fsp3) is 0.467. The largest absolute Gasteiger partial charge is 0.424 e. The van der Waals surface area contributed by atoms with E-state index >= 15 is 0 Å². The van der Waals surface area contributed by atoms with Crippen LogP contribution in [0.2, 0.25) is 5.04 Å². The number of aliphatic hydroxyl groups excluding tert-OH is 1. The van der Waals surface area contributed by atoms with E-state index in [0.29, 0.717) is 0 Å². The van der Waals surface area contributed by atoms with Crippen LogP contribution in [0.25, 0.3) is 0 Å². The summed E-state index contributed by atoms with van der Waals surface area (Å²) in [7, 11) is -2.92. The lowest BCUT2D eigenvalue weighted by molar-refractivity contribution is 0.160. The molecule has 0 aliphatic carbocycles. The van der Waals surface area contributed by atoms with Gasteiger partial charge in [-0.1, -0.05) is 105 Å². The van der Waals surface area contributed by atoms with Crippen LogP contribution in [0.15, 0.2) is 84.0 Å². The minimum atomic E-state index is -2.92. The third kappa shape index (κ3) is 7.81. The fourth-order valence-electron chi connectivity index (χ4n) is 4.52. The molecule has 0 aliphatic rings. The molecule has 3 heteroatoms. The molecule has 2 nitrogen and oxygen atoms in total. The minimum absolute atomic E-state index is 0.174. The number of benzene rings is 2. The highest BCUT2D eigenvalue weighted by molar-refractivity contribution is 6.98. The number of allylic oxidation sites excluding steroid dienone is 4. The van der Waals surface area contributed by atoms with Crippen molar-refractivity contribution in [2.75, 3.05) is 0 Å². The number of rotatable bonds is 13. The Hall–Kier alpha value is -1.94. The van der Waals surface area contributed by atoms with Crippen molar-refractivity contribution in [1.82, 2.24) is 0 Å². The molecular formula is C30H44O2Si. The van der Waals surface area contributed by atoms with Gasteiger partial charge in [0, 0.05) is 0 Å². The smallest absolute Gasteiger partial charge is 0.258 e. The van der Waals surface area contributed by atoms with E-state index in [-0.39, 0.29) is 11.1 Å². The summed E-state index contributed by atoms with van der Waals surface area (Å²) >= 11 is 0. The quantitative estimate of drug-likeness (QED) is 0.261. The Morgan fingerprint density at radius 1 is 0.848 bits per heavy atom. The highest BCUT2D eigenvalue weighted by atomic mass is 28.4. The van der Waals surface area contributed by atoms with E-state index in [1.165, 1.54) is 11.1 Å². The van der Waals surface area contributed by atoms with Gasteiger partial charge in [0.2, 0.25) is 0 Å². The highest BCUT2D eigenvalue weighted by Gasteiger charge is 2.49. The third-order valence-corrected chi connectivity index (χ3v) is 11.5. The minimum Gasteiger partial charge on any atom is -0.424 e. The molecule has 0 radical (unpaired) electrons. The van der Waals surface area contributed by atoms with Gasteiger partial charge in [0.25, 0.3) is 8.32 Å². The lowest BCUT2D eigenvalue weighted by Gasteiger charge is -2.41. The zero-order chi connectivity index (χ0) is 24.3. The van der Waals surface area contributed by atoms with Crippen LogP contribution < -0.4 is 10.4 Å². The first kappa shape index (κ1) is 27.3. The maximum atomic E-state index is 12.2. The van der Waals surface area contributed by atoms with Crippen molar-refractivity contribution < 1.29 is 9.90 Å². The van der Waals surface area contributed by atoms with E-state index in [1.807, 2.05) is 43.3 Å². The first-order chi connectivity index (χ1) is 15.7. The van der Waals surface area contributed by atoms with Gasteiger partial charge in [-0.2, -0.15) is 0 Å². The molecule has 2 rings (SSSR count). The predicted molar refractivity (Wildman–Crippen MR) is 146 cm³/mol. The molecule has 0 aromatic heterocycles. The van der Waals surface area contributed by atoms with Crippen LogP contribution in [0.3, 0.4) is 0 Å². The highest BCUT2D eigenvalue weighted by Crippen LogP contribution is 2.40. The average Bonchev–Trinajstić information content (AvgIpc) is 2.82. The first-order valence-electron chi connectivity index (χ1n) is 12.5. The van der Waals surface area contributed by atoms with E-state index in [0.717, 1.165) is 55.3 Å². The van der Waals surface area contributed by atoms with Crippen molar-refractivity contribution in [2.45, 2.75) is 90.7 Å². The Bertz CT molecular complexity index is 845. The second-order valence-corrected chi connectivity index (χ2v) is 14.0. The molecule has 180 valence electrons. The van der Waals surface area contributed by atoms with Crippen LogP contribution >= 0.6 is 0 Å². The Morgan fingerprint density at radius 2 is 1.33 bits per heavy atom. The van der Waals surface area contributed by atoms with Gasteiger partial charge in [0.15, 0.2) is 0 Å². The Morgan fingerprint density at radius 3 is 1.85 bits per heavy atom. The molecule has 0 aliphatic heterocycles. The van der Waals surface area contributed by atoms with Crippen LogP contribution in [-0.4, -0.2) is 24.3 Å². The van der Waals surface area contributed by atoms with E-state index in [4.69, 9.17) is 0 Å². The summed E-state index contributed by atoms with van der Waals surface area (Å²) in [6.07, 6.45) is 11.2. The van der Waals surface area contributed by atoms with Crippen molar-refractivity contribution in [3.63, 3.8) is 0 Å². The maximum Gasteiger partial charge on any atom is 0.258 e. The molecule has 0 amide bonds. The molecule has 2 N–H and O–H groups in total. The molecule has 0 unspecified atom stereocenters. The summed E-state index contributed by atoms with van der Waals surface area (Å²) < 4.78 is 0. The molecule has 0 bridgehead atoms. The van der Waals surface area contributed by atoms with Crippen molar-refractivity contribution >= 4 is 18.7 Å². The fourth-order valence-corrected chi connectivity index (χ4v) is 8.27. The molecule has 2 aromatic carbocycles. The number of hydrogen-bond donors (Lipinski definition) is 2. The monoisotopic (exact) mass is 464 g/mol. The summed E-state index contributed by atoms with van der Waals surface area (Å²) in [5.74, 6) is 0. The first-order valence-corrected chi connectivity index (χ1v) is 14.5. The lowest BCUT2D eigenvalue weighted by Crippen LogP contribution is -2.65. The molecule has 2 aromatic rings. The number of aliphatic hydroxyl groups is 1. The van der Waals surface area contributed by atoms with Crippen molar-refractivity contribution in [3.8, 4) is 0 Å². The van der Waals surface area contributed by atoms with Crippen LogP contribution in [0.4, 0.5) is 0 Å². The summed E-state index contributed by atoms with van der Waals surface area (Å²) in [4.78, 5) is 12.2. The normalized spacial score (nSPS) is 14.4. The molecule has 1 atom stereocenters. The zero-order valence-electron chi connectivity index (χ0n) is 21.3. The van der Waals surface area contributed by atoms with Gasteiger partial charge < -0.3 is 9.90 Å². The van der Waals surface area contributed by atoms with Gasteiger partial charge in [-0.15, -0.1) is 0 Å². The van der Waals surface area contributed by atoms with Gasteiger partial charge in [-0.05, 0) is 74.2 Å². The summed E-state index contributed by atoms with van der Waals surface area (Å²) in [5.41, 5.74) is 2.78. The van der Waals surface area contributed by atoms with Gasteiger partial charge in [0.1, 0.15) is 0 Å². The summed E-state index contributed by atoms with van der Waals surface area (Å²) in [6.45, 7) is 10.9. The predicted octanol–water partition coefficient (Wildman–Crippen LogP) is 6.52. The van der Waals surface area contributed by atoms with Crippen LogP contribution in [0.1, 0.15) is 79.6 Å². The van der Waals surface area contributed by atoms with Crippen molar-refractivity contribution in [1.29, 1.82) is 0 Å². The van der Waals surface area contributed by atoms with Crippen molar-refractivity contribution in [3.05, 3.63) is 84.0 Å². The SMILES string of the molecule is CC[C@@H](O)CC/C(C)=C/CC/C(C)=C/CCC(C)(C)[Si](O)(c1ccccc1)c1ccccc1. The molecule has 0 saturated heterocycles. The third-order valence-electron chi connectivity index (χ3n) is 7.00. The second-order valence-electron chi connectivity index (χ2n) is 10.1. The topological polar surface area (TPSA) is 40.5 Å². The number of hydrogen-bond acceptors (Lipinski definition) is 2. The van der Waals surface area contributed by atoms with Crippen molar-refractivity contribution in [2.24, 2.45) is 0 Å². The lowest BCUT2D eigenvalue weighted by atomic mass is 10.0. The average molecular weight is 465 g/mol. The van der Waals surface area contributed by atoms with Crippen LogP contribution in [0, 0.1) is 0 Å². The van der Waals surface area contributed by atoms with E-state index < -0.39 is 8.32 Å². The van der Waals surface area contributed by atoms with Gasteiger partial charge in [-0.25, -0.2) is 0 Å². The van der Waals surface area contributed by atoms with E-state index in [2.05, 4.69) is 64.1 Å². The van der Waals surface area contributed by atoms with Gasteiger partial charge in [0.05, 0.1) is 6.10 Å². The van der Waals surface area contributed by atoms with Crippen LogP contribution in [-0.2, 0) is 0 Å². The second kappa shape index (κ2) is 13.1. The maximum absolute atomic E-state index is 12.2. The Labute approximate surface area is 203 Å². The van der Waals surface area contributed by atoms with E-state index in [9.17, 15) is 9.90 Å². The summed E-state index contributed by atoms with van der Waals surface area (Å²) in [5, 5.41) is 11.7. The molecule has 0 saturated carbocycles. The van der Waals surface area contributed by atoms with Gasteiger partial charge in [-0.3, -0.25) is 0 Å². The van der Waals surface area contributed by atoms with E-state index in [1.54, 1.807) is 0 Å². The Balaban J connectivity index is 2.02. The molecule has 0 fully saturated rings.